The molecule has 5 heteroatoms. The van der Waals surface area contributed by atoms with Gasteiger partial charge in [0.25, 0.3) is 0 Å². The fraction of sp³-hybridized carbons (Fsp3) is 0.667. The molecule has 0 saturated carbocycles. The van der Waals surface area contributed by atoms with E-state index in [0.717, 1.165) is 0 Å². The lowest BCUT2D eigenvalue weighted by Crippen LogP contribution is -1.95. The highest BCUT2D eigenvalue weighted by molar-refractivity contribution is 7.47. The molecule has 0 bridgehead atoms. The molecule has 0 aromatic heterocycles. The number of phosphoric acid groups is 1. The van der Waals surface area contributed by atoms with E-state index in [4.69, 9.17) is 4.89 Å². The van der Waals surface area contributed by atoms with Gasteiger partial charge in [0.1, 0.15) is 0 Å². The largest absolute Gasteiger partial charge is 0.472 e. The van der Waals surface area contributed by atoms with Gasteiger partial charge in [-0.2, -0.15) is 0 Å². The third kappa shape index (κ3) is 6.26. The normalized spacial score (nSPS) is 15.8. The van der Waals surface area contributed by atoms with Gasteiger partial charge in [-0.1, -0.05) is 6.08 Å². The third-order valence-electron chi connectivity index (χ3n) is 0.869. The van der Waals surface area contributed by atoms with Crippen LogP contribution in [0.5, 0.6) is 0 Å². The molecule has 11 heavy (non-hydrogen) atoms. The lowest BCUT2D eigenvalue weighted by atomic mass is 10.5. The molecule has 1 unspecified atom stereocenters. The summed E-state index contributed by atoms with van der Waals surface area (Å²) in [6, 6.07) is 0. The van der Waals surface area contributed by atoms with Crippen molar-refractivity contribution < 1.29 is 18.5 Å². The van der Waals surface area contributed by atoms with E-state index in [2.05, 4.69) is 15.6 Å². The average molecular weight is 180 g/mol. The number of hydrogen-bond acceptors (Lipinski definition) is 3. The Labute approximate surface area is 66.4 Å². The van der Waals surface area contributed by atoms with Gasteiger partial charge in [0.05, 0.1) is 13.2 Å². The predicted octanol–water partition coefficient (Wildman–Crippen LogP) is 1.72. The first-order chi connectivity index (χ1) is 5.12. The molecule has 1 atom stereocenters. The highest BCUT2D eigenvalue weighted by atomic mass is 31.2. The molecule has 0 saturated heterocycles. The molecule has 0 aliphatic carbocycles. The van der Waals surface area contributed by atoms with Crippen LogP contribution in [0.2, 0.25) is 0 Å². The van der Waals surface area contributed by atoms with E-state index in [1.165, 1.54) is 0 Å². The van der Waals surface area contributed by atoms with Gasteiger partial charge >= 0.3 is 7.82 Å². The van der Waals surface area contributed by atoms with Gasteiger partial charge in [-0.3, -0.25) is 9.05 Å². The first-order valence-electron chi connectivity index (χ1n) is 3.35. The molecule has 0 heterocycles. The van der Waals surface area contributed by atoms with Gasteiger partial charge in [-0.25, -0.2) is 4.57 Å². The van der Waals surface area contributed by atoms with Crippen LogP contribution in [0, 0.1) is 0 Å². The molecular formula is C6H13O4P. The van der Waals surface area contributed by atoms with Crippen molar-refractivity contribution in [2.75, 3.05) is 13.2 Å². The minimum atomic E-state index is -3.77. The fourth-order valence-electron chi connectivity index (χ4n) is 0.452. The van der Waals surface area contributed by atoms with E-state index >= 15 is 0 Å². The second-order valence-corrected chi connectivity index (χ2v) is 3.25. The van der Waals surface area contributed by atoms with E-state index in [-0.39, 0.29) is 13.2 Å². The SMILES string of the molecule is C=CCCOP(=O)(O)OCC. The first kappa shape index (κ1) is 10.8. The Kier molecular flexibility index (Phi) is 5.42. The van der Waals surface area contributed by atoms with Crippen molar-refractivity contribution in [3.8, 4) is 0 Å². The summed E-state index contributed by atoms with van der Waals surface area (Å²) < 4.78 is 19.7. The summed E-state index contributed by atoms with van der Waals surface area (Å²) in [6.07, 6.45) is 2.14. The Morgan fingerprint density at radius 3 is 2.73 bits per heavy atom. The van der Waals surface area contributed by atoms with Gasteiger partial charge in [0.2, 0.25) is 0 Å². The van der Waals surface area contributed by atoms with Crippen LogP contribution in [0.3, 0.4) is 0 Å². The van der Waals surface area contributed by atoms with Gasteiger partial charge in [0.15, 0.2) is 0 Å². The van der Waals surface area contributed by atoms with Crippen molar-refractivity contribution in [1.82, 2.24) is 0 Å². The molecule has 0 aliphatic heterocycles. The Morgan fingerprint density at radius 2 is 2.27 bits per heavy atom. The molecule has 0 aromatic carbocycles. The quantitative estimate of drug-likeness (QED) is 0.384. The van der Waals surface area contributed by atoms with Crippen molar-refractivity contribution in [2.45, 2.75) is 13.3 Å². The monoisotopic (exact) mass is 180 g/mol. The molecule has 4 nitrogen and oxygen atoms in total. The number of rotatable bonds is 6. The maximum Gasteiger partial charge on any atom is 0.472 e. The molecular weight excluding hydrogens is 167 g/mol. The molecule has 66 valence electrons. The van der Waals surface area contributed by atoms with Gasteiger partial charge < -0.3 is 4.89 Å². The molecule has 0 rings (SSSR count). The molecule has 0 aliphatic rings. The molecule has 0 aromatic rings. The van der Waals surface area contributed by atoms with Crippen LogP contribution in [0.4, 0.5) is 0 Å². The van der Waals surface area contributed by atoms with E-state index < -0.39 is 7.82 Å². The Bertz CT molecular complexity index is 157. The lowest BCUT2D eigenvalue weighted by Gasteiger charge is -2.08. The molecule has 0 radical (unpaired) electrons. The number of phosphoric ester groups is 1. The highest BCUT2D eigenvalue weighted by Gasteiger charge is 2.18. The van der Waals surface area contributed by atoms with Crippen molar-refractivity contribution >= 4 is 7.82 Å². The lowest BCUT2D eigenvalue weighted by molar-refractivity contribution is 0.157. The summed E-state index contributed by atoms with van der Waals surface area (Å²) >= 11 is 0. The van der Waals surface area contributed by atoms with Crippen molar-refractivity contribution in [3.63, 3.8) is 0 Å². The van der Waals surface area contributed by atoms with Gasteiger partial charge in [0, 0.05) is 0 Å². The Morgan fingerprint density at radius 1 is 1.64 bits per heavy atom. The summed E-state index contributed by atoms with van der Waals surface area (Å²) in [6.45, 7) is 5.39. The Hall–Kier alpha value is -0.150. The smallest absolute Gasteiger partial charge is 0.302 e. The summed E-state index contributed by atoms with van der Waals surface area (Å²) in [7, 11) is -3.77. The summed E-state index contributed by atoms with van der Waals surface area (Å²) in [4.78, 5) is 8.82. The maximum atomic E-state index is 10.8. The zero-order valence-corrected chi connectivity index (χ0v) is 7.42. The zero-order valence-electron chi connectivity index (χ0n) is 6.52. The van der Waals surface area contributed by atoms with Gasteiger partial charge in [-0.15, -0.1) is 6.58 Å². The van der Waals surface area contributed by atoms with Crippen LogP contribution in [-0.4, -0.2) is 18.1 Å². The zero-order chi connectivity index (χ0) is 8.74. The first-order valence-corrected chi connectivity index (χ1v) is 4.84. The van der Waals surface area contributed by atoms with Crippen molar-refractivity contribution in [2.24, 2.45) is 0 Å². The fourth-order valence-corrected chi connectivity index (χ4v) is 1.19. The second kappa shape index (κ2) is 5.49. The van der Waals surface area contributed by atoms with Crippen LogP contribution in [-0.2, 0) is 13.6 Å². The molecule has 0 spiro atoms. The van der Waals surface area contributed by atoms with Crippen LogP contribution >= 0.6 is 7.82 Å². The molecule has 0 amide bonds. The van der Waals surface area contributed by atoms with Crippen molar-refractivity contribution in [1.29, 1.82) is 0 Å². The summed E-state index contributed by atoms with van der Waals surface area (Å²) in [5.41, 5.74) is 0. The topological polar surface area (TPSA) is 55.8 Å². The molecule has 0 fully saturated rings. The average Bonchev–Trinajstić information content (AvgIpc) is 1.87. The van der Waals surface area contributed by atoms with E-state index in [1.807, 2.05) is 0 Å². The van der Waals surface area contributed by atoms with Crippen molar-refractivity contribution in [3.05, 3.63) is 12.7 Å². The molecule has 1 N–H and O–H groups in total. The van der Waals surface area contributed by atoms with Crippen LogP contribution < -0.4 is 0 Å². The maximum absolute atomic E-state index is 10.8. The number of hydrogen-bond donors (Lipinski definition) is 1. The minimum Gasteiger partial charge on any atom is -0.302 e. The Balaban J connectivity index is 3.54. The van der Waals surface area contributed by atoms with Crippen LogP contribution in [0.15, 0.2) is 12.7 Å². The van der Waals surface area contributed by atoms with Crippen LogP contribution in [0.25, 0.3) is 0 Å². The van der Waals surface area contributed by atoms with E-state index in [0.29, 0.717) is 6.42 Å². The van der Waals surface area contributed by atoms with Gasteiger partial charge in [-0.05, 0) is 13.3 Å². The van der Waals surface area contributed by atoms with Crippen LogP contribution in [0.1, 0.15) is 13.3 Å². The summed E-state index contributed by atoms with van der Waals surface area (Å²) in [5.74, 6) is 0. The minimum absolute atomic E-state index is 0.164. The standard InChI is InChI=1S/C6H13O4P/c1-3-5-6-10-11(7,8)9-4-2/h3H,1,4-6H2,2H3,(H,7,8). The second-order valence-electron chi connectivity index (χ2n) is 1.80. The summed E-state index contributed by atoms with van der Waals surface area (Å²) in [5, 5.41) is 0. The highest BCUT2D eigenvalue weighted by Crippen LogP contribution is 2.42. The van der Waals surface area contributed by atoms with E-state index in [1.54, 1.807) is 13.0 Å². The third-order valence-corrected chi connectivity index (χ3v) is 1.96. The predicted molar refractivity (Wildman–Crippen MR) is 42.2 cm³/mol. The van der Waals surface area contributed by atoms with E-state index in [9.17, 15) is 4.57 Å².